The van der Waals surface area contributed by atoms with Gasteiger partial charge < -0.3 is 10.6 Å². The molecule has 0 radical (unpaired) electrons. The molecule has 0 amide bonds. The van der Waals surface area contributed by atoms with Crippen molar-refractivity contribution in [2.24, 2.45) is 5.73 Å². The summed E-state index contributed by atoms with van der Waals surface area (Å²) in [6.07, 6.45) is 2.63. The number of benzene rings is 1. The van der Waals surface area contributed by atoms with Gasteiger partial charge in [0.05, 0.1) is 0 Å². The largest absolute Gasteiger partial charge is 0.384 e. The summed E-state index contributed by atoms with van der Waals surface area (Å²) in [7, 11) is 0. The molecule has 0 spiro atoms. The van der Waals surface area contributed by atoms with E-state index in [1.807, 2.05) is 13.0 Å². The summed E-state index contributed by atoms with van der Waals surface area (Å²) in [5.74, 6) is 0.174. The topological polar surface area (TPSA) is 56.4 Å². The zero-order valence-corrected chi connectivity index (χ0v) is 11.5. The van der Waals surface area contributed by atoms with Gasteiger partial charge in [-0.05, 0) is 38.4 Å². The van der Waals surface area contributed by atoms with Gasteiger partial charge in [-0.25, -0.2) is 0 Å². The van der Waals surface area contributed by atoms with Crippen molar-refractivity contribution in [3.8, 4) is 0 Å². The zero-order valence-electron chi connectivity index (χ0n) is 11.5. The van der Waals surface area contributed by atoms with Gasteiger partial charge in [-0.1, -0.05) is 11.6 Å². The van der Waals surface area contributed by atoms with Gasteiger partial charge in [0.15, 0.2) is 0 Å². The van der Waals surface area contributed by atoms with Crippen molar-refractivity contribution in [2.75, 3.05) is 31.1 Å². The molecule has 2 aliphatic heterocycles. The van der Waals surface area contributed by atoms with Crippen LogP contribution in [0, 0.1) is 12.3 Å². The summed E-state index contributed by atoms with van der Waals surface area (Å²) in [4.78, 5) is 5.00. The van der Waals surface area contributed by atoms with Gasteiger partial charge in [-0.2, -0.15) is 0 Å². The highest BCUT2D eigenvalue weighted by Crippen LogP contribution is 2.28. The average molecular weight is 258 g/mol. The minimum Gasteiger partial charge on any atom is -0.384 e. The molecular formula is C15H22N4. The minimum absolute atomic E-state index is 0.174. The number of nitrogen functional groups attached to an aromatic ring is 1. The second-order valence-electron chi connectivity index (χ2n) is 5.71. The van der Waals surface area contributed by atoms with Crippen LogP contribution < -0.4 is 10.6 Å². The van der Waals surface area contributed by atoms with E-state index in [1.165, 1.54) is 19.4 Å². The first kappa shape index (κ1) is 12.5. The number of rotatable bonds is 2. The van der Waals surface area contributed by atoms with Crippen LogP contribution in [0.5, 0.6) is 0 Å². The molecule has 3 N–H and O–H groups in total. The summed E-state index contributed by atoms with van der Waals surface area (Å²) in [6, 6.07) is 6.95. The molecule has 1 unspecified atom stereocenters. The van der Waals surface area contributed by atoms with Gasteiger partial charge >= 0.3 is 0 Å². The second kappa shape index (κ2) is 4.85. The quantitative estimate of drug-likeness (QED) is 0.625. The molecule has 2 fully saturated rings. The maximum atomic E-state index is 7.78. The number of amidine groups is 1. The van der Waals surface area contributed by atoms with E-state index in [0.29, 0.717) is 6.04 Å². The Hall–Kier alpha value is -1.55. The second-order valence-corrected chi connectivity index (χ2v) is 5.71. The smallest absolute Gasteiger partial charge is 0.124 e. The Morgan fingerprint density at radius 1 is 1.32 bits per heavy atom. The average Bonchev–Trinajstić information content (AvgIpc) is 2.85. The van der Waals surface area contributed by atoms with Gasteiger partial charge in [-0.3, -0.25) is 10.3 Å². The normalized spacial score (nSPS) is 23.4. The first-order valence-corrected chi connectivity index (χ1v) is 7.09. The van der Waals surface area contributed by atoms with Gasteiger partial charge in [-0.15, -0.1) is 0 Å². The first-order chi connectivity index (χ1) is 9.15. The third-order valence-corrected chi connectivity index (χ3v) is 4.37. The molecular weight excluding hydrogens is 236 g/mol. The third-order valence-electron chi connectivity index (χ3n) is 4.37. The number of nitrogens with two attached hydrogens (primary N) is 1. The van der Waals surface area contributed by atoms with E-state index in [9.17, 15) is 0 Å². The van der Waals surface area contributed by atoms with E-state index in [-0.39, 0.29) is 5.84 Å². The first-order valence-electron chi connectivity index (χ1n) is 7.09. The Balaban J connectivity index is 1.87. The Morgan fingerprint density at radius 3 is 2.95 bits per heavy atom. The molecule has 0 bridgehead atoms. The van der Waals surface area contributed by atoms with E-state index in [2.05, 4.69) is 21.9 Å². The van der Waals surface area contributed by atoms with Crippen LogP contribution >= 0.6 is 0 Å². The lowest BCUT2D eigenvalue weighted by Crippen LogP contribution is -2.50. The van der Waals surface area contributed by atoms with Crippen molar-refractivity contribution in [3.05, 3.63) is 29.3 Å². The molecule has 0 saturated carbocycles. The number of anilines is 1. The number of hydrogen-bond donors (Lipinski definition) is 2. The van der Waals surface area contributed by atoms with Crippen molar-refractivity contribution < 1.29 is 0 Å². The molecule has 2 heterocycles. The molecule has 4 nitrogen and oxygen atoms in total. The molecule has 1 aromatic carbocycles. The Morgan fingerprint density at radius 2 is 2.16 bits per heavy atom. The predicted octanol–water partition coefficient (Wildman–Crippen LogP) is 1.56. The van der Waals surface area contributed by atoms with Crippen molar-refractivity contribution in [1.82, 2.24) is 4.90 Å². The van der Waals surface area contributed by atoms with Crippen molar-refractivity contribution in [1.29, 1.82) is 5.41 Å². The van der Waals surface area contributed by atoms with Crippen LogP contribution in [0.25, 0.3) is 0 Å². The minimum atomic E-state index is 0.174. The van der Waals surface area contributed by atoms with Crippen LogP contribution in [0.15, 0.2) is 18.2 Å². The molecule has 1 atom stereocenters. The fourth-order valence-electron chi connectivity index (χ4n) is 3.35. The molecule has 2 aliphatic rings. The number of piperazine rings is 1. The van der Waals surface area contributed by atoms with E-state index >= 15 is 0 Å². The maximum Gasteiger partial charge on any atom is 0.124 e. The number of nitrogens with one attached hydrogen (secondary N) is 1. The van der Waals surface area contributed by atoms with Crippen LogP contribution in [0.3, 0.4) is 0 Å². The molecule has 4 heteroatoms. The Labute approximate surface area is 114 Å². The molecule has 3 rings (SSSR count). The summed E-state index contributed by atoms with van der Waals surface area (Å²) < 4.78 is 0. The van der Waals surface area contributed by atoms with Gasteiger partial charge in [0.2, 0.25) is 0 Å². The standard InChI is InChI=1S/C15H22N4/c1-11-4-5-14(13(9-11)15(16)17)19-8-7-18-6-2-3-12(18)10-19/h4-5,9,12H,2-3,6-8,10H2,1H3,(H3,16,17). The predicted molar refractivity (Wildman–Crippen MR) is 79.0 cm³/mol. The molecule has 0 aromatic heterocycles. The summed E-state index contributed by atoms with van der Waals surface area (Å²) in [5.41, 5.74) is 8.91. The van der Waals surface area contributed by atoms with Crippen LogP contribution in [0.2, 0.25) is 0 Å². The maximum absolute atomic E-state index is 7.78. The fourth-order valence-corrected chi connectivity index (χ4v) is 3.35. The highest BCUT2D eigenvalue weighted by Gasteiger charge is 2.31. The zero-order chi connectivity index (χ0) is 13.4. The molecule has 19 heavy (non-hydrogen) atoms. The highest BCUT2D eigenvalue weighted by atomic mass is 15.3. The van der Waals surface area contributed by atoms with E-state index in [1.54, 1.807) is 0 Å². The van der Waals surface area contributed by atoms with Crippen molar-refractivity contribution >= 4 is 11.5 Å². The van der Waals surface area contributed by atoms with Crippen LogP contribution in [-0.2, 0) is 0 Å². The van der Waals surface area contributed by atoms with Crippen LogP contribution in [-0.4, -0.2) is 43.0 Å². The molecule has 2 saturated heterocycles. The van der Waals surface area contributed by atoms with Gasteiger partial charge in [0.25, 0.3) is 0 Å². The Bertz CT molecular complexity index is 497. The SMILES string of the molecule is Cc1ccc(N2CCN3CCCC3C2)c(C(=N)N)c1. The molecule has 102 valence electrons. The Kier molecular flexibility index (Phi) is 3.19. The molecule has 1 aromatic rings. The lowest BCUT2D eigenvalue weighted by Gasteiger charge is -2.39. The van der Waals surface area contributed by atoms with Crippen LogP contribution in [0.4, 0.5) is 5.69 Å². The van der Waals surface area contributed by atoms with E-state index in [0.717, 1.165) is 36.4 Å². The van der Waals surface area contributed by atoms with Crippen molar-refractivity contribution in [3.63, 3.8) is 0 Å². The lowest BCUT2D eigenvalue weighted by atomic mass is 10.1. The lowest BCUT2D eigenvalue weighted by molar-refractivity contribution is 0.231. The number of hydrogen-bond acceptors (Lipinski definition) is 3. The molecule has 0 aliphatic carbocycles. The number of fused-ring (bicyclic) bond motifs is 1. The third kappa shape index (κ3) is 2.32. The van der Waals surface area contributed by atoms with E-state index < -0.39 is 0 Å². The van der Waals surface area contributed by atoms with E-state index in [4.69, 9.17) is 11.1 Å². The monoisotopic (exact) mass is 258 g/mol. The summed E-state index contributed by atoms with van der Waals surface area (Å²) in [6.45, 7) is 6.55. The van der Waals surface area contributed by atoms with Crippen molar-refractivity contribution in [2.45, 2.75) is 25.8 Å². The number of nitrogens with zero attached hydrogens (tertiary/aromatic N) is 2. The number of aryl methyl sites for hydroxylation is 1. The highest BCUT2D eigenvalue weighted by molar-refractivity contribution is 6.00. The van der Waals surface area contributed by atoms with Gasteiger partial charge in [0.1, 0.15) is 5.84 Å². The fraction of sp³-hybridized carbons (Fsp3) is 0.533. The van der Waals surface area contributed by atoms with Crippen LogP contribution in [0.1, 0.15) is 24.0 Å². The van der Waals surface area contributed by atoms with Gasteiger partial charge in [0, 0.05) is 36.9 Å². The summed E-state index contributed by atoms with van der Waals surface area (Å²) >= 11 is 0. The summed E-state index contributed by atoms with van der Waals surface area (Å²) in [5, 5.41) is 7.78.